The van der Waals surface area contributed by atoms with Crippen LogP contribution in [0, 0.1) is 11.8 Å². The second kappa shape index (κ2) is 16.3. The van der Waals surface area contributed by atoms with Crippen molar-refractivity contribution in [3.8, 4) is 0 Å². The Labute approximate surface area is 135 Å². The molecule has 0 radical (unpaired) electrons. The van der Waals surface area contributed by atoms with E-state index in [2.05, 4.69) is 33.0 Å². The fourth-order valence-electron chi connectivity index (χ4n) is 3.11. The summed E-state index contributed by atoms with van der Waals surface area (Å²) in [4.78, 5) is 0. The highest BCUT2D eigenvalue weighted by Gasteiger charge is 2.06. The zero-order valence-electron chi connectivity index (χ0n) is 15.6. The molecule has 0 rings (SSSR count). The summed E-state index contributed by atoms with van der Waals surface area (Å²) in [5.74, 6) is 1.85. The predicted octanol–water partition coefficient (Wildman–Crippen LogP) is 6.57. The summed E-state index contributed by atoms with van der Waals surface area (Å²) < 4.78 is 0. The first-order valence-corrected chi connectivity index (χ1v) is 9.91. The van der Waals surface area contributed by atoms with Gasteiger partial charge in [0, 0.05) is 0 Å². The summed E-state index contributed by atoms with van der Waals surface area (Å²) in [6.07, 6.45) is 16.9. The third-order valence-corrected chi connectivity index (χ3v) is 4.53. The Balaban J connectivity index is 3.36. The molecular formula is C20H43N. The molecule has 0 aliphatic carbocycles. The van der Waals surface area contributed by atoms with Crippen molar-refractivity contribution in [1.29, 1.82) is 0 Å². The summed E-state index contributed by atoms with van der Waals surface area (Å²) in [5, 5.41) is 3.66. The lowest BCUT2D eigenvalue weighted by atomic mass is 9.93. The van der Waals surface area contributed by atoms with Crippen LogP contribution >= 0.6 is 0 Å². The van der Waals surface area contributed by atoms with E-state index < -0.39 is 0 Å². The number of rotatable bonds is 16. The van der Waals surface area contributed by atoms with Crippen LogP contribution in [-0.2, 0) is 0 Å². The lowest BCUT2D eigenvalue weighted by molar-refractivity contribution is 0.387. The van der Waals surface area contributed by atoms with Gasteiger partial charge in [-0.2, -0.15) is 0 Å². The zero-order chi connectivity index (χ0) is 15.8. The van der Waals surface area contributed by atoms with E-state index in [0.29, 0.717) is 0 Å². The van der Waals surface area contributed by atoms with Crippen LogP contribution < -0.4 is 5.32 Å². The van der Waals surface area contributed by atoms with Crippen molar-refractivity contribution in [3.05, 3.63) is 0 Å². The molecule has 0 aromatic rings. The highest BCUT2D eigenvalue weighted by Crippen LogP contribution is 2.18. The first-order valence-electron chi connectivity index (χ1n) is 9.91. The number of unbranched alkanes of at least 4 members (excludes halogenated alkanes) is 5. The van der Waals surface area contributed by atoms with E-state index in [1.807, 2.05) is 0 Å². The first kappa shape index (κ1) is 21.0. The van der Waals surface area contributed by atoms with Crippen molar-refractivity contribution in [2.75, 3.05) is 13.1 Å². The van der Waals surface area contributed by atoms with Crippen LogP contribution in [0.3, 0.4) is 0 Å². The van der Waals surface area contributed by atoms with Gasteiger partial charge in [0.1, 0.15) is 0 Å². The lowest BCUT2D eigenvalue weighted by Crippen LogP contribution is -2.19. The van der Waals surface area contributed by atoms with Gasteiger partial charge in [-0.05, 0) is 37.8 Å². The van der Waals surface area contributed by atoms with Crippen LogP contribution in [-0.4, -0.2) is 13.1 Å². The van der Waals surface area contributed by atoms with Crippen LogP contribution in [0.4, 0.5) is 0 Å². The van der Waals surface area contributed by atoms with E-state index in [4.69, 9.17) is 0 Å². The van der Waals surface area contributed by atoms with Gasteiger partial charge < -0.3 is 5.32 Å². The quantitative estimate of drug-likeness (QED) is 0.318. The monoisotopic (exact) mass is 297 g/mol. The summed E-state index contributed by atoms with van der Waals surface area (Å²) in [5.41, 5.74) is 0. The van der Waals surface area contributed by atoms with E-state index in [9.17, 15) is 0 Å². The molecule has 1 N–H and O–H groups in total. The molecule has 0 aliphatic rings. The van der Waals surface area contributed by atoms with Crippen LogP contribution in [0.5, 0.6) is 0 Å². The van der Waals surface area contributed by atoms with Gasteiger partial charge in [-0.3, -0.25) is 0 Å². The lowest BCUT2D eigenvalue weighted by Gasteiger charge is -2.16. The molecule has 0 bridgehead atoms. The number of hydrogen-bond acceptors (Lipinski definition) is 1. The molecule has 0 heterocycles. The van der Waals surface area contributed by atoms with Crippen molar-refractivity contribution in [2.24, 2.45) is 11.8 Å². The van der Waals surface area contributed by atoms with Gasteiger partial charge in [-0.1, -0.05) is 91.9 Å². The predicted molar refractivity (Wildman–Crippen MR) is 97.9 cm³/mol. The molecule has 1 atom stereocenters. The van der Waals surface area contributed by atoms with Gasteiger partial charge in [0.2, 0.25) is 0 Å². The second-order valence-corrected chi connectivity index (χ2v) is 7.29. The summed E-state index contributed by atoms with van der Waals surface area (Å²) in [7, 11) is 0. The molecule has 1 heteroatoms. The van der Waals surface area contributed by atoms with E-state index in [1.54, 1.807) is 0 Å². The van der Waals surface area contributed by atoms with Gasteiger partial charge in [-0.15, -0.1) is 0 Å². The Morgan fingerprint density at radius 1 is 0.619 bits per heavy atom. The largest absolute Gasteiger partial charge is 0.317 e. The maximum absolute atomic E-state index is 3.66. The first-order chi connectivity index (χ1) is 10.2. The minimum atomic E-state index is 0.881. The molecular weight excluding hydrogens is 254 g/mol. The third kappa shape index (κ3) is 16.2. The number of nitrogens with one attached hydrogen (secondary N) is 1. The Morgan fingerprint density at radius 3 is 2.00 bits per heavy atom. The zero-order valence-corrected chi connectivity index (χ0v) is 15.6. The fraction of sp³-hybridized carbons (Fsp3) is 1.00. The maximum atomic E-state index is 3.66. The normalized spacial score (nSPS) is 13.0. The van der Waals surface area contributed by atoms with Gasteiger partial charge in [0.15, 0.2) is 0 Å². The molecule has 0 amide bonds. The molecule has 0 aromatic carbocycles. The standard InChI is InChI=1S/C20H43N/c1-5-7-10-15-20(13-6-2)16-18-21-17-12-9-8-11-14-19(3)4/h19-21H,5-18H2,1-4H3. The van der Waals surface area contributed by atoms with Crippen molar-refractivity contribution in [2.45, 2.75) is 105 Å². The topological polar surface area (TPSA) is 12.0 Å². The average molecular weight is 298 g/mol. The molecule has 0 aromatic heterocycles. The average Bonchev–Trinajstić information content (AvgIpc) is 2.45. The van der Waals surface area contributed by atoms with Gasteiger partial charge in [0.05, 0.1) is 0 Å². The molecule has 0 fully saturated rings. The van der Waals surface area contributed by atoms with Gasteiger partial charge in [-0.25, -0.2) is 0 Å². The van der Waals surface area contributed by atoms with E-state index in [0.717, 1.165) is 11.8 Å². The van der Waals surface area contributed by atoms with Crippen molar-refractivity contribution in [1.82, 2.24) is 5.32 Å². The number of hydrogen-bond donors (Lipinski definition) is 1. The molecule has 1 nitrogen and oxygen atoms in total. The summed E-state index contributed by atoms with van der Waals surface area (Å²) in [6, 6.07) is 0. The van der Waals surface area contributed by atoms with Crippen LogP contribution in [0.2, 0.25) is 0 Å². The van der Waals surface area contributed by atoms with Crippen LogP contribution in [0.15, 0.2) is 0 Å². The van der Waals surface area contributed by atoms with Crippen LogP contribution in [0.25, 0.3) is 0 Å². The van der Waals surface area contributed by atoms with Gasteiger partial charge in [0.25, 0.3) is 0 Å². The highest BCUT2D eigenvalue weighted by atomic mass is 14.8. The highest BCUT2D eigenvalue weighted by molar-refractivity contribution is 4.62. The molecule has 1 unspecified atom stereocenters. The molecule has 0 saturated heterocycles. The molecule has 0 spiro atoms. The maximum Gasteiger partial charge on any atom is -0.00463 e. The summed E-state index contributed by atoms with van der Waals surface area (Å²) >= 11 is 0. The molecule has 128 valence electrons. The smallest absolute Gasteiger partial charge is 0.00463 e. The van der Waals surface area contributed by atoms with E-state index in [1.165, 1.54) is 90.1 Å². The Morgan fingerprint density at radius 2 is 1.33 bits per heavy atom. The minimum absolute atomic E-state index is 0.881. The van der Waals surface area contributed by atoms with E-state index in [-0.39, 0.29) is 0 Å². The minimum Gasteiger partial charge on any atom is -0.317 e. The Hall–Kier alpha value is -0.0400. The third-order valence-electron chi connectivity index (χ3n) is 4.53. The van der Waals surface area contributed by atoms with Crippen molar-refractivity contribution < 1.29 is 0 Å². The SMILES string of the molecule is CCCCCC(CCC)CCNCCCCCCC(C)C. The van der Waals surface area contributed by atoms with Crippen molar-refractivity contribution >= 4 is 0 Å². The van der Waals surface area contributed by atoms with E-state index >= 15 is 0 Å². The van der Waals surface area contributed by atoms with Crippen LogP contribution in [0.1, 0.15) is 105 Å². The Kier molecular flexibility index (Phi) is 16.3. The molecule has 0 aliphatic heterocycles. The second-order valence-electron chi connectivity index (χ2n) is 7.29. The molecule has 21 heavy (non-hydrogen) atoms. The van der Waals surface area contributed by atoms with Gasteiger partial charge >= 0.3 is 0 Å². The molecule has 0 saturated carbocycles. The van der Waals surface area contributed by atoms with Crippen molar-refractivity contribution in [3.63, 3.8) is 0 Å². The fourth-order valence-corrected chi connectivity index (χ4v) is 3.11. The summed E-state index contributed by atoms with van der Waals surface area (Å²) in [6.45, 7) is 11.8. The Bertz CT molecular complexity index is 188.